The molecular weight excluding hydrogens is 390 g/mol. The van der Waals surface area contributed by atoms with Gasteiger partial charge in [0.05, 0.1) is 13.3 Å². The Balaban J connectivity index is 2.11. The van der Waals surface area contributed by atoms with Crippen LogP contribution in [0, 0.1) is 19.8 Å². The van der Waals surface area contributed by atoms with Crippen LogP contribution in [0.5, 0.6) is 5.75 Å². The van der Waals surface area contributed by atoms with E-state index in [0.29, 0.717) is 11.5 Å². The average molecular weight is 424 g/mol. The van der Waals surface area contributed by atoms with E-state index in [0.717, 1.165) is 28.0 Å². The molecule has 0 saturated carbocycles. The predicted molar refractivity (Wildman–Crippen MR) is 125 cm³/mol. The smallest absolute Gasteiger partial charge is 0.262 e. The summed E-state index contributed by atoms with van der Waals surface area (Å²) in [6.07, 6.45) is 1.62. The number of nitrogens with one attached hydrogen (secondary N) is 2. The number of benzene rings is 2. The van der Waals surface area contributed by atoms with Gasteiger partial charge in [0.1, 0.15) is 11.8 Å². The average Bonchev–Trinajstić information content (AvgIpc) is 2.72. The van der Waals surface area contributed by atoms with Crippen molar-refractivity contribution in [3.8, 4) is 5.75 Å². The second-order valence-electron chi connectivity index (χ2n) is 8.40. The molecule has 2 aromatic rings. The van der Waals surface area contributed by atoms with Crippen molar-refractivity contribution >= 4 is 18.0 Å². The molecule has 2 amide bonds. The van der Waals surface area contributed by atoms with E-state index in [-0.39, 0.29) is 17.7 Å². The number of carbonyl (C=O) groups is 2. The summed E-state index contributed by atoms with van der Waals surface area (Å²) in [5, 5.41) is 6.95. The van der Waals surface area contributed by atoms with Crippen molar-refractivity contribution < 1.29 is 14.3 Å². The molecule has 0 spiro atoms. The fraction of sp³-hybridized carbons (Fsp3) is 0.400. The highest BCUT2D eigenvalue weighted by Crippen LogP contribution is 2.29. The maximum absolute atomic E-state index is 12.7. The molecule has 0 fully saturated rings. The fourth-order valence-corrected chi connectivity index (χ4v) is 3.18. The standard InChI is InChI=1S/C25H33N3O3/c1-15(2)21-13-20(18(6)12-22(21)31-7)14-26-28-25(30)23(16(3)4)27-24(29)19-10-8-17(5)9-11-19/h8-16,23H,1-7H3,(H,27,29)(H,28,30)/b26-14-. The van der Waals surface area contributed by atoms with E-state index in [4.69, 9.17) is 4.74 Å². The maximum atomic E-state index is 12.7. The Bertz CT molecular complexity index is 947. The van der Waals surface area contributed by atoms with E-state index in [2.05, 4.69) is 29.7 Å². The van der Waals surface area contributed by atoms with Crippen LogP contribution in [0.2, 0.25) is 0 Å². The molecule has 2 rings (SSSR count). The van der Waals surface area contributed by atoms with Gasteiger partial charge in [-0.15, -0.1) is 0 Å². The van der Waals surface area contributed by atoms with Crippen LogP contribution < -0.4 is 15.5 Å². The van der Waals surface area contributed by atoms with Gasteiger partial charge >= 0.3 is 0 Å². The summed E-state index contributed by atoms with van der Waals surface area (Å²) < 4.78 is 5.47. The molecule has 0 saturated heterocycles. The molecule has 0 aliphatic heterocycles. The van der Waals surface area contributed by atoms with Crippen molar-refractivity contribution in [1.82, 2.24) is 10.7 Å². The van der Waals surface area contributed by atoms with Crippen LogP contribution in [-0.4, -0.2) is 31.2 Å². The van der Waals surface area contributed by atoms with Gasteiger partial charge in [0.15, 0.2) is 0 Å². The zero-order valence-corrected chi connectivity index (χ0v) is 19.4. The lowest BCUT2D eigenvalue weighted by atomic mass is 9.97. The minimum absolute atomic E-state index is 0.0973. The molecule has 0 aliphatic rings. The second-order valence-corrected chi connectivity index (χ2v) is 8.40. The Morgan fingerprint density at radius 3 is 2.23 bits per heavy atom. The predicted octanol–water partition coefficient (Wildman–Crippen LogP) is 4.34. The third-order valence-corrected chi connectivity index (χ3v) is 5.17. The first-order chi connectivity index (χ1) is 14.6. The van der Waals surface area contributed by atoms with Gasteiger partial charge in [-0.3, -0.25) is 9.59 Å². The molecule has 2 N–H and O–H groups in total. The summed E-state index contributed by atoms with van der Waals surface area (Å²) in [4.78, 5) is 25.2. The van der Waals surface area contributed by atoms with Crippen molar-refractivity contribution in [1.29, 1.82) is 0 Å². The summed E-state index contributed by atoms with van der Waals surface area (Å²) in [5.74, 6) is 0.388. The third kappa shape index (κ3) is 6.41. The van der Waals surface area contributed by atoms with Gasteiger partial charge in [-0.2, -0.15) is 5.10 Å². The summed E-state index contributed by atoms with van der Waals surface area (Å²) in [6, 6.07) is 10.5. The highest BCUT2D eigenvalue weighted by atomic mass is 16.5. The highest BCUT2D eigenvalue weighted by Gasteiger charge is 2.24. The molecule has 0 aromatic heterocycles. The molecule has 0 heterocycles. The van der Waals surface area contributed by atoms with Crippen molar-refractivity contribution in [2.75, 3.05) is 7.11 Å². The van der Waals surface area contributed by atoms with E-state index in [1.807, 2.05) is 52.0 Å². The van der Waals surface area contributed by atoms with Crippen LogP contribution >= 0.6 is 0 Å². The Hall–Kier alpha value is -3.15. The fourth-order valence-electron chi connectivity index (χ4n) is 3.18. The lowest BCUT2D eigenvalue weighted by molar-refractivity contribution is -0.123. The molecule has 31 heavy (non-hydrogen) atoms. The molecule has 6 nitrogen and oxygen atoms in total. The summed E-state index contributed by atoms with van der Waals surface area (Å²) in [5.41, 5.74) is 7.12. The number of hydrazone groups is 1. The van der Waals surface area contributed by atoms with E-state index in [1.54, 1.807) is 25.5 Å². The van der Waals surface area contributed by atoms with Crippen molar-refractivity contribution in [3.05, 3.63) is 64.2 Å². The Morgan fingerprint density at radius 1 is 1.03 bits per heavy atom. The SMILES string of the molecule is COc1cc(C)c(/C=N\NC(=O)C(NC(=O)c2ccc(C)cc2)C(C)C)cc1C(C)C. The summed E-state index contributed by atoms with van der Waals surface area (Å²) in [7, 11) is 1.66. The number of carbonyl (C=O) groups excluding carboxylic acids is 2. The third-order valence-electron chi connectivity index (χ3n) is 5.17. The van der Waals surface area contributed by atoms with Crippen molar-refractivity contribution in [2.45, 2.75) is 53.5 Å². The Kier molecular flexibility index (Phi) is 8.37. The summed E-state index contributed by atoms with van der Waals surface area (Å²) in [6.45, 7) is 11.9. The molecule has 166 valence electrons. The first-order valence-corrected chi connectivity index (χ1v) is 10.5. The van der Waals surface area contributed by atoms with Gasteiger partial charge in [0, 0.05) is 5.56 Å². The van der Waals surface area contributed by atoms with Crippen molar-refractivity contribution in [2.24, 2.45) is 11.0 Å². The highest BCUT2D eigenvalue weighted by molar-refractivity contribution is 5.97. The zero-order valence-electron chi connectivity index (χ0n) is 19.4. The van der Waals surface area contributed by atoms with Gasteiger partial charge in [0.2, 0.25) is 0 Å². The van der Waals surface area contributed by atoms with Crippen LogP contribution in [-0.2, 0) is 4.79 Å². The minimum Gasteiger partial charge on any atom is -0.496 e. The number of amides is 2. The van der Waals surface area contributed by atoms with Gasteiger partial charge in [-0.1, -0.05) is 45.4 Å². The van der Waals surface area contributed by atoms with Gasteiger partial charge in [-0.25, -0.2) is 5.43 Å². The first-order valence-electron chi connectivity index (χ1n) is 10.5. The monoisotopic (exact) mass is 423 g/mol. The van der Waals surface area contributed by atoms with Crippen molar-refractivity contribution in [3.63, 3.8) is 0 Å². The van der Waals surface area contributed by atoms with Crippen LogP contribution in [0.15, 0.2) is 41.5 Å². The van der Waals surface area contributed by atoms with E-state index in [1.165, 1.54) is 0 Å². The quantitative estimate of drug-likeness (QED) is 0.490. The Morgan fingerprint density at radius 2 is 1.68 bits per heavy atom. The Labute approximate surface area is 185 Å². The lowest BCUT2D eigenvalue weighted by Crippen LogP contribution is -2.48. The number of hydrogen-bond acceptors (Lipinski definition) is 4. The van der Waals surface area contributed by atoms with Crippen LogP contribution in [0.3, 0.4) is 0 Å². The zero-order chi connectivity index (χ0) is 23.1. The van der Waals surface area contributed by atoms with E-state index >= 15 is 0 Å². The molecule has 0 bridgehead atoms. The molecule has 0 aliphatic carbocycles. The van der Waals surface area contributed by atoms with Crippen LogP contribution in [0.1, 0.15) is 66.2 Å². The maximum Gasteiger partial charge on any atom is 0.262 e. The summed E-state index contributed by atoms with van der Waals surface area (Å²) >= 11 is 0. The van der Waals surface area contributed by atoms with E-state index in [9.17, 15) is 9.59 Å². The van der Waals surface area contributed by atoms with E-state index < -0.39 is 6.04 Å². The van der Waals surface area contributed by atoms with Crippen LogP contribution in [0.4, 0.5) is 0 Å². The number of methoxy groups -OCH3 is 1. The van der Waals surface area contributed by atoms with Gasteiger partial charge in [0.25, 0.3) is 11.8 Å². The largest absolute Gasteiger partial charge is 0.496 e. The molecule has 1 atom stereocenters. The molecule has 6 heteroatoms. The van der Waals surface area contributed by atoms with Crippen LogP contribution in [0.25, 0.3) is 0 Å². The minimum atomic E-state index is -0.700. The molecule has 1 unspecified atom stereocenters. The second kappa shape index (κ2) is 10.8. The number of rotatable bonds is 8. The topological polar surface area (TPSA) is 79.8 Å². The molecule has 0 radical (unpaired) electrons. The number of ether oxygens (including phenoxy) is 1. The number of aryl methyl sites for hydroxylation is 2. The number of nitrogens with zero attached hydrogens (tertiary/aromatic N) is 1. The van der Waals surface area contributed by atoms with Gasteiger partial charge in [-0.05, 0) is 66.6 Å². The molecule has 2 aromatic carbocycles. The molecular formula is C25H33N3O3. The van der Waals surface area contributed by atoms with Gasteiger partial charge < -0.3 is 10.1 Å². The lowest BCUT2D eigenvalue weighted by Gasteiger charge is -2.20. The normalized spacial score (nSPS) is 12.3. The first kappa shape index (κ1) is 24.1. The number of hydrogen-bond donors (Lipinski definition) is 2.